The molecule has 2 amide bonds. The number of ether oxygens (including phenoxy) is 2. The van der Waals surface area contributed by atoms with Gasteiger partial charge in [-0.05, 0) is 48.9 Å². The van der Waals surface area contributed by atoms with Gasteiger partial charge in [0, 0.05) is 0 Å². The van der Waals surface area contributed by atoms with Gasteiger partial charge < -0.3 is 9.47 Å². The fourth-order valence-electron chi connectivity index (χ4n) is 4.16. The summed E-state index contributed by atoms with van der Waals surface area (Å²) in [7, 11) is 1.57. The van der Waals surface area contributed by atoms with Gasteiger partial charge in [-0.3, -0.25) is 9.59 Å². The van der Waals surface area contributed by atoms with Crippen molar-refractivity contribution in [3.63, 3.8) is 0 Å². The zero-order valence-corrected chi connectivity index (χ0v) is 14.2. The van der Waals surface area contributed by atoms with E-state index in [0.29, 0.717) is 18.1 Å². The summed E-state index contributed by atoms with van der Waals surface area (Å²) in [4.78, 5) is 25.2. The van der Waals surface area contributed by atoms with Crippen molar-refractivity contribution in [1.29, 1.82) is 0 Å². The van der Waals surface area contributed by atoms with Gasteiger partial charge in [-0.25, -0.2) is 0 Å². The molecule has 4 unspecified atom stereocenters. The predicted octanol–water partition coefficient (Wildman–Crippen LogP) is 2.23. The number of hydrogen-bond acceptors (Lipinski definition) is 5. The number of benzene rings is 1. The fourth-order valence-corrected chi connectivity index (χ4v) is 4.16. The minimum absolute atomic E-state index is 0.180. The third kappa shape index (κ3) is 2.44. The quantitative estimate of drug-likeness (QED) is 0.468. The predicted molar refractivity (Wildman–Crippen MR) is 91.3 cm³/mol. The molecule has 0 spiro atoms. The molecule has 6 nitrogen and oxygen atoms in total. The maximum atomic E-state index is 12.6. The highest BCUT2D eigenvalue weighted by Crippen LogP contribution is 2.52. The smallest absolute Gasteiger partial charge is 0.254 e. The van der Waals surface area contributed by atoms with Crippen LogP contribution in [-0.2, 0) is 9.59 Å². The molecule has 1 saturated heterocycles. The first-order chi connectivity index (χ1) is 12.1. The lowest BCUT2D eigenvalue weighted by molar-refractivity contribution is -0.140. The van der Waals surface area contributed by atoms with Gasteiger partial charge in [-0.2, -0.15) is 10.1 Å². The second kappa shape index (κ2) is 6.02. The summed E-state index contributed by atoms with van der Waals surface area (Å²) in [5, 5.41) is 5.22. The number of methoxy groups -OCH3 is 1. The van der Waals surface area contributed by atoms with Crippen LogP contribution in [0.3, 0.4) is 0 Å². The monoisotopic (exact) mass is 340 g/mol. The van der Waals surface area contributed by atoms with Gasteiger partial charge in [0.2, 0.25) is 0 Å². The number of fused-ring (bicyclic) bond motifs is 5. The average molecular weight is 340 g/mol. The molecule has 6 heteroatoms. The van der Waals surface area contributed by atoms with Crippen LogP contribution in [0.15, 0.2) is 35.5 Å². The van der Waals surface area contributed by atoms with Crippen LogP contribution in [-0.4, -0.2) is 36.8 Å². The third-order valence-corrected chi connectivity index (χ3v) is 5.26. The van der Waals surface area contributed by atoms with E-state index in [1.807, 2.05) is 13.0 Å². The Bertz CT molecular complexity index is 756. The van der Waals surface area contributed by atoms with Crippen LogP contribution >= 0.6 is 0 Å². The Balaban J connectivity index is 1.55. The number of carbonyl (C=O) groups excluding carboxylic acids is 2. The van der Waals surface area contributed by atoms with E-state index in [-0.39, 0.29) is 35.5 Å². The maximum Gasteiger partial charge on any atom is 0.254 e. The molecular weight excluding hydrogens is 320 g/mol. The lowest BCUT2D eigenvalue weighted by Gasteiger charge is -2.13. The number of imide groups is 1. The molecule has 0 radical (unpaired) electrons. The van der Waals surface area contributed by atoms with Crippen LogP contribution in [0.25, 0.3) is 0 Å². The maximum absolute atomic E-state index is 12.6. The molecule has 1 heterocycles. The normalized spacial score (nSPS) is 29.8. The van der Waals surface area contributed by atoms with Crippen molar-refractivity contribution < 1.29 is 19.1 Å². The average Bonchev–Trinajstić information content (AvgIpc) is 3.29. The highest BCUT2D eigenvalue weighted by molar-refractivity contribution is 6.06. The molecule has 0 aromatic heterocycles. The van der Waals surface area contributed by atoms with E-state index in [0.717, 1.165) is 17.0 Å². The first-order valence-corrected chi connectivity index (χ1v) is 8.55. The van der Waals surface area contributed by atoms with E-state index in [9.17, 15) is 9.59 Å². The number of nitrogens with zero attached hydrogens (tertiary/aromatic N) is 2. The largest absolute Gasteiger partial charge is 0.493 e. The molecule has 3 aliphatic rings. The SMILES string of the molecule is CCOc1ccc(C=NN2C(=O)C3C4C=CC(C4)C3C2=O)cc1OC. The van der Waals surface area contributed by atoms with Crippen LogP contribution in [0.5, 0.6) is 11.5 Å². The summed E-state index contributed by atoms with van der Waals surface area (Å²) in [6.07, 6.45) is 6.58. The molecule has 25 heavy (non-hydrogen) atoms. The Morgan fingerprint density at radius 1 is 1.16 bits per heavy atom. The Morgan fingerprint density at radius 2 is 1.84 bits per heavy atom. The minimum Gasteiger partial charge on any atom is -0.493 e. The number of hydrazone groups is 1. The van der Waals surface area contributed by atoms with E-state index < -0.39 is 0 Å². The van der Waals surface area contributed by atoms with Gasteiger partial charge in [0.1, 0.15) is 0 Å². The van der Waals surface area contributed by atoms with Crippen molar-refractivity contribution in [2.75, 3.05) is 13.7 Å². The highest BCUT2D eigenvalue weighted by atomic mass is 16.5. The molecule has 0 N–H and O–H groups in total. The van der Waals surface area contributed by atoms with Crippen molar-refractivity contribution in [2.24, 2.45) is 28.8 Å². The van der Waals surface area contributed by atoms with Gasteiger partial charge in [0.05, 0.1) is 31.8 Å². The van der Waals surface area contributed by atoms with E-state index >= 15 is 0 Å². The van der Waals surface area contributed by atoms with Crippen LogP contribution in [0.2, 0.25) is 0 Å². The highest BCUT2D eigenvalue weighted by Gasteiger charge is 2.59. The Kier molecular flexibility index (Phi) is 3.82. The molecular formula is C19H20N2O4. The zero-order chi connectivity index (χ0) is 17.6. The van der Waals surface area contributed by atoms with Crippen LogP contribution in [0.1, 0.15) is 18.9 Å². The van der Waals surface area contributed by atoms with E-state index in [4.69, 9.17) is 9.47 Å². The molecule has 1 aromatic carbocycles. The lowest BCUT2D eigenvalue weighted by atomic mass is 9.85. The first-order valence-electron chi connectivity index (χ1n) is 8.55. The van der Waals surface area contributed by atoms with Gasteiger partial charge in [-0.15, -0.1) is 0 Å². The summed E-state index contributed by atoms with van der Waals surface area (Å²) in [6, 6.07) is 5.37. The summed E-state index contributed by atoms with van der Waals surface area (Å²) < 4.78 is 10.8. The Morgan fingerprint density at radius 3 is 2.44 bits per heavy atom. The molecule has 2 bridgehead atoms. The molecule has 2 fully saturated rings. The van der Waals surface area contributed by atoms with Crippen LogP contribution in [0, 0.1) is 23.7 Å². The second-order valence-corrected chi connectivity index (χ2v) is 6.58. The van der Waals surface area contributed by atoms with Gasteiger partial charge in [-0.1, -0.05) is 12.2 Å². The lowest BCUT2D eigenvalue weighted by Crippen LogP contribution is -2.28. The standard InChI is InChI=1S/C19H20N2O4/c1-3-25-14-7-4-11(8-15(14)24-2)10-20-21-18(22)16-12-5-6-13(9-12)17(16)19(21)23/h4-8,10,12-13,16-17H,3,9H2,1-2H3. The molecule has 4 atom stereocenters. The van der Waals surface area contributed by atoms with E-state index in [1.165, 1.54) is 6.21 Å². The summed E-state index contributed by atoms with van der Waals surface area (Å²) in [5.41, 5.74) is 0.735. The summed E-state index contributed by atoms with van der Waals surface area (Å²) in [6.45, 7) is 2.44. The number of hydrogen-bond donors (Lipinski definition) is 0. The molecule has 130 valence electrons. The van der Waals surface area contributed by atoms with Crippen molar-refractivity contribution in [3.8, 4) is 11.5 Å². The number of amides is 2. The molecule has 1 aromatic rings. The summed E-state index contributed by atoms with van der Waals surface area (Å²) in [5.74, 6) is 0.803. The third-order valence-electron chi connectivity index (χ3n) is 5.26. The van der Waals surface area contributed by atoms with Gasteiger partial charge >= 0.3 is 0 Å². The van der Waals surface area contributed by atoms with Crippen molar-refractivity contribution in [3.05, 3.63) is 35.9 Å². The first kappa shape index (κ1) is 15.9. The second-order valence-electron chi connectivity index (χ2n) is 6.58. The van der Waals surface area contributed by atoms with E-state index in [1.54, 1.807) is 19.2 Å². The van der Waals surface area contributed by atoms with Crippen LogP contribution < -0.4 is 9.47 Å². The van der Waals surface area contributed by atoms with Crippen molar-refractivity contribution in [1.82, 2.24) is 5.01 Å². The molecule has 4 rings (SSSR count). The van der Waals surface area contributed by atoms with Gasteiger partial charge in [0.15, 0.2) is 11.5 Å². The minimum atomic E-state index is -0.227. The van der Waals surface area contributed by atoms with E-state index in [2.05, 4.69) is 17.3 Å². The van der Waals surface area contributed by atoms with Crippen LogP contribution in [0.4, 0.5) is 0 Å². The number of carbonyl (C=O) groups is 2. The van der Waals surface area contributed by atoms with Crippen molar-refractivity contribution >= 4 is 18.0 Å². The fraction of sp³-hybridized carbons (Fsp3) is 0.421. The van der Waals surface area contributed by atoms with Gasteiger partial charge in [0.25, 0.3) is 11.8 Å². The molecule has 2 aliphatic carbocycles. The summed E-state index contributed by atoms with van der Waals surface area (Å²) >= 11 is 0. The number of rotatable bonds is 5. The molecule has 1 saturated carbocycles. The zero-order valence-electron chi connectivity index (χ0n) is 14.2. The Labute approximate surface area is 146 Å². The van der Waals surface area contributed by atoms with Crippen molar-refractivity contribution in [2.45, 2.75) is 13.3 Å². The molecule has 1 aliphatic heterocycles. The number of allylic oxidation sites excluding steroid dienone is 2. The Hall–Kier alpha value is -2.63. The topological polar surface area (TPSA) is 68.2 Å².